The van der Waals surface area contributed by atoms with E-state index in [2.05, 4.69) is 6.58 Å². The molecule has 70 valence electrons. The van der Waals surface area contributed by atoms with Crippen molar-refractivity contribution in [3.05, 3.63) is 47.0 Å². The molecule has 1 rings (SSSR count). The van der Waals surface area contributed by atoms with E-state index in [1.54, 1.807) is 12.1 Å². The van der Waals surface area contributed by atoms with Gasteiger partial charge in [-0.2, -0.15) is 15.8 Å². The Balaban J connectivity index is 3.45. The van der Waals surface area contributed by atoms with Crippen molar-refractivity contribution in [3.8, 4) is 18.2 Å². The van der Waals surface area contributed by atoms with Crippen LogP contribution in [0.15, 0.2) is 24.8 Å². The quantitative estimate of drug-likeness (QED) is 0.674. The van der Waals surface area contributed by atoms with E-state index in [0.717, 1.165) is 5.56 Å². The summed E-state index contributed by atoms with van der Waals surface area (Å²) in [4.78, 5) is 0. The van der Waals surface area contributed by atoms with Crippen molar-refractivity contribution in [2.24, 2.45) is 0 Å². The summed E-state index contributed by atoms with van der Waals surface area (Å²) >= 11 is 0. The van der Waals surface area contributed by atoms with Gasteiger partial charge in [-0.15, -0.1) is 6.58 Å². The molecule has 0 aliphatic rings. The third-order valence-electron chi connectivity index (χ3n) is 1.97. The molecular weight excluding hydrogens is 186 g/mol. The predicted molar refractivity (Wildman–Crippen MR) is 54.5 cm³/mol. The minimum atomic E-state index is 0.238. The number of benzene rings is 1. The third kappa shape index (κ3) is 2.02. The molecule has 1 aromatic rings. The topological polar surface area (TPSA) is 71.4 Å². The van der Waals surface area contributed by atoms with E-state index in [9.17, 15) is 0 Å². The van der Waals surface area contributed by atoms with Gasteiger partial charge in [0.2, 0.25) is 0 Å². The number of hydrogen-bond acceptors (Lipinski definition) is 3. The summed E-state index contributed by atoms with van der Waals surface area (Å²) in [5.41, 5.74) is 1.68. The summed E-state index contributed by atoms with van der Waals surface area (Å²) in [6, 6.07) is 8.83. The van der Waals surface area contributed by atoms with Crippen molar-refractivity contribution in [3.63, 3.8) is 0 Å². The molecule has 0 atom stereocenters. The summed E-state index contributed by atoms with van der Waals surface area (Å²) in [6.45, 7) is 3.57. The van der Waals surface area contributed by atoms with E-state index >= 15 is 0 Å². The van der Waals surface area contributed by atoms with Crippen LogP contribution in [0.4, 0.5) is 0 Å². The average molecular weight is 193 g/mol. The smallest absolute Gasteiger partial charge is 0.101 e. The Bertz CT molecular complexity index is 522. The first-order chi connectivity index (χ1) is 7.26. The maximum Gasteiger partial charge on any atom is 0.101 e. The molecule has 0 radical (unpaired) electrons. The van der Waals surface area contributed by atoms with E-state index in [1.807, 2.05) is 18.2 Å². The first-order valence-electron chi connectivity index (χ1n) is 4.25. The number of rotatable bonds is 2. The van der Waals surface area contributed by atoms with E-state index < -0.39 is 0 Å². The molecule has 0 spiro atoms. The zero-order chi connectivity index (χ0) is 11.3. The van der Waals surface area contributed by atoms with E-state index in [1.165, 1.54) is 6.07 Å². The molecular formula is C12H7N3. The normalized spacial score (nSPS) is 8.33. The molecule has 0 heterocycles. The Morgan fingerprint density at radius 1 is 1.00 bits per heavy atom. The fraction of sp³-hybridized carbons (Fsp3) is 0.0833. The van der Waals surface area contributed by atoms with Gasteiger partial charge in [0.25, 0.3) is 0 Å². The SMILES string of the molecule is C=CCc1cc(C#N)c(C#N)cc1C#N. The predicted octanol–water partition coefficient (Wildman–Crippen LogP) is 2.03. The lowest BCUT2D eigenvalue weighted by Crippen LogP contribution is -1.93. The lowest BCUT2D eigenvalue weighted by molar-refractivity contribution is 1.23. The third-order valence-corrected chi connectivity index (χ3v) is 1.97. The zero-order valence-electron chi connectivity index (χ0n) is 7.99. The number of nitrogens with zero attached hydrogens (tertiary/aromatic N) is 3. The standard InChI is InChI=1S/C12H7N3/c1-2-3-9-4-11(7-14)12(8-15)5-10(9)6-13/h2,4-5H,1,3H2. The van der Waals surface area contributed by atoms with Crippen LogP contribution >= 0.6 is 0 Å². The molecule has 15 heavy (non-hydrogen) atoms. The summed E-state index contributed by atoms with van der Waals surface area (Å²) < 4.78 is 0. The van der Waals surface area contributed by atoms with Crippen molar-refractivity contribution in [1.82, 2.24) is 0 Å². The van der Waals surface area contributed by atoms with Gasteiger partial charge in [-0.3, -0.25) is 0 Å². The van der Waals surface area contributed by atoms with Gasteiger partial charge < -0.3 is 0 Å². The van der Waals surface area contributed by atoms with Crippen molar-refractivity contribution in [2.45, 2.75) is 6.42 Å². The number of nitriles is 3. The highest BCUT2D eigenvalue weighted by atomic mass is 14.3. The molecule has 0 fully saturated rings. The Morgan fingerprint density at radius 3 is 2.00 bits per heavy atom. The Labute approximate surface area is 88.1 Å². The van der Waals surface area contributed by atoms with Gasteiger partial charge in [0.1, 0.15) is 12.1 Å². The maximum atomic E-state index is 8.85. The van der Waals surface area contributed by atoms with Gasteiger partial charge in [0.05, 0.1) is 22.8 Å². The van der Waals surface area contributed by atoms with Gasteiger partial charge in [-0.05, 0) is 24.1 Å². The number of hydrogen-bond donors (Lipinski definition) is 0. The fourth-order valence-electron chi connectivity index (χ4n) is 1.26. The number of allylic oxidation sites excluding steroid dienone is 1. The van der Waals surface area contributed by atoms with Crippen LogP contribution in [-0.2, 0) is 6.42 Å². The van der Waals surface area contributed by atoms with Crippen LogP contribution in [0.3, 0.4) is 0 Å². The van der Waals surface area contributed by atoms with Gasteiger partial charge in [0, 0.05) is 0 Å². The van der Waals surface area contributed by atoms with Crippen LogP contribution < -0.4 is 0 Å². The molecule has 0 aliphatic heterocycles. The minimum Gasteiger partial charge on any atom is -0.192 e. The monoisotopic (exact) mass is 193 g/mol. The van der Waals surface area contributed by atoms with E-state index in [0.29, 0.717) is 17.5 Å². The zero-order valence-corrected chi connectivity index (χ0v) is 7.99. The summed E-state index contributed by atoms with van der Waals surface area (Å²) in [7, 11) is 0. The highest BCUT2D eigenvalue weighted by molar-refractivity contribution is 5.54. The van der Waals surface area contributed by atoms with Crippen LogP contribution in [0.1, 0.15) is 22.3 Å². The molecule has 3 nitrogen and oxygen atoms in total. The van der Waals surface area contributed by atoms with Gasteiger partial charge in [-0.25, -0.2) is 0 Å². The first kappa shape index (κ1) is 10.5. The Kier molecular flexibility index (Phi) is 3.23. The summed E-state index contributed by atoms with van der Waals surface area (Å²) in [5.74, 6) is 0. The molecule has 3 heteroatoms. The average Bonchev–Trinajstić information content (AvgIpc) is 2.28. The Hall–Kier alpha value is -2.57. The highest BCUT2D eigenvalue weighted by Gasteiger charge is 2.08. The van der Waals surface area contributed by atoms with E-state index in [-0.39, 0.29) is 5.56 Å². The van der Waals surface area contributed by atoms with Crippen LogP contribution in [0, 0.1) is 34.0 Å². The minimum absolute atomic E-state index is 0.238. The lowest BCUT2D eigenvalue weighted by atomic mass is 9.98. The fourth-order valence-corrected chi connectivity index (χ4v) is 1.26. The van der Waals surface area contributed by atoms with Crippen LogP contribution in [-0.4, -0.2) is 0 Å². The van der Waals surface area contributed by atoms with Crippen molar-refractivity contribution in [1.29, 1.82) is 15.8 Å². The second-order valence-electron chi connectivity index (χ2n) is 2.88. The van der Waals surface area contributed by atoms with Gasteiger partial charge in [0.15, 0.2) is 0 Å². The molecule has 0 bridgehead atoms. The maximum absolute atomic E-state index is 8.85. The van der Waals surface area contributed by atoms with Crippen LogP contribution in [0.25, 0.3) is 0 Å². The van der Waals surface area contributed by atoms with Gasteiger partial charge in [-0.1, -0.05) is 6.08 Å². The molecule has 0 saturated carbocycles. The molecule has 0 N–H and O–H groups in total. The van der Waals surface area contributed by atoms with E-state index in [4.69, 9.17) is 15.8 Å². The molecule has 0 saturated heterocycles. The lowest BCUT2D eigenvalue weighted by Gasteiger charge is -2.02. The second kappa shape index (κ2) is 4.61. The molecule has 0 aliphatic carbocycles. The summed E-state index contributed by atoms with van der Waals surface area (Å²) in [5, 5.41) is 26.4. The Morgan fingerprint density at radius 2 is 1.53 bits per heavy atom. The first-order valence-corrected chi connectivity index (χ1v) is 4.25. The molecule has 0 amide bonds. The van der Waals surface area contributed by atoms with Crippen LogP contribution in [0.5, 0.6) is 0 Å². The van der Waals surface area contributed by atoms with Crippen molar-refractivity contribution < 1.29 is 0 Å². The van der Waals surface area contributed by atoms with Gasteiger partial charge >= 0.3 is 0 Å². The second-order valence-corrected chi connectivity index (χ2v) is 2.88. The molecule has 0 aromatic heterocycles. The van der Waals surface area contributed by atoms with Crippen molar-refractivity contribution in [2.75, 3.05) is 0 Å². The van der Waals surface area contributed by atoms with Crippen molar-refractivity contribution >= 4 is 0 Å². The molecule has 1 aromatic carbocycles. The largest absolute Gasteiger partial charge is 0.192 e. The molecule has 0 unspecified atom stereocenters. The van der Waals surface area contributed by atoms with Crippen LogP contribution in [0.2, 0.25) is 0 Å². The highest BCUT2D eigenvalue weighted by Crippen LogP contribution is 2.16. The summed E-state index contributed by atoms with van der Waals surface area (Å²) in [6.07, 6.45) is 2.17.